The minimum absolute atomic E-state index is 0.104. The summed E-state index contributed by atoms with van der Waals surface area (Å²) >= 11 is 0. The highest BCUT2D eigenvalue weighted by Crippen LogP contribution is 2.45. The molecule has 3 N–H and O–H groups in total. The van der Waals surface area contributed by atoms with E-state index in [0.717, 1.165) is 108 Å². The van der Waals surface area contributed by atoms with E-state index >= 15 is 0 Å². The molecule has 0 aliphatic carbocycles. The number of carbonyl (C=O) groups excluding carboxylic acids is 4. The van der Waals surface area contributed by atoms with Crippen LogP contribution in [0.4, 0.5) is 0 Å². The molecular formula is C77H150O17P2. The van der Waals surface area contributed by atoms with Crippen LogP contribution in [0.1, 0.15) is 395 Å². The van der Waals surface area contributed by atoms with E-state index in [2.05, 4.69) is 48.5 Å². The topological polar surface area (TPSA) is 237 Å². The smallest absolute Gasteiger partial charge is 0.462 e. The molecule has 570 valence electrons. The molecule has 17 nitrogen and oxygen atoms in total. The van der Waals surface area contributed by atoms with E-state index in [4.69, 9.17) is 37.0 Å². The van der Waals surface area contributed by atoms with E-state index < -0.39 is 97.5 Å². The lowest BCUT2D eigenvalue weighted by atomic mass is 9.99. The van der Waals surface area contributed by atoms with Crippen LogP contribution in [-0.2, 0) is 65.4 Å². The predicted molar refractivity (Wildman–Crippen MR) is 391 cm³/mol. The van der Waals surface area contributed by atoms with Gasteiger partial charge in [0.15, 0.2) is 12.2 Å². The average Bonchev–Trinajstić information content (AvgIpc) is 1.19. The third-order valence-corrected chi connectivity index (χ3v) is 20.1. The first-order valence-electron chi connectivity index (χ1n) is 39.9. The minimum atomic E-state index is -4.96. The van der Waals surface area contributed by atoms with Crippen LogP contribution in [0.3, 0.4) is 0 Å². The highest BCUT2D eigenvalue weighted by Gasteiger charge is 2.30. The normalized spacial score (nSPS) is 14.3. The average molecular weight is 1410 g/mol. The molecule has 0 amide bonds. The van der Waals surface area contributed by atoms with E-state index in [1.54, 1.807) is 0 Å². The number of carbonyl (C=O) groups is 4. The fourth-order valence-electron chi connectivity index (χ4n) is 11.7. The highest BCUT2D eigenvalue weighted by atomic mass is 31.2. The molecule has 19 heteroatoms. The number of phosphoric acid groups is 2. The summed E-state index contributed by atoms with van der Waals surface area (Å²) in [6.07, 6.45) is 54.2. The second-order valence-corrected chi connectivity index (χ2v) is 31.8. The summed E-state index contributed by atoms with van der Waals surface area (Å²) in [5, 5.41) is 10.6. The Labute approximate surface area is 588 Å². The summed E-state index contributed by atoms with van der Waals surface area (Å²) in [5.41, 5.74) is 0. The third kappa shape index (κ3) is 69.2. The molecular weight excluding hydrogens is 1260 g/mol. The summed E-state index contributed by atoms with van der Waals surface area (Å²) in [5.74, 6) is 0.197. The Balaban J connectivity index is 5.18. The molecule has 0 spiro atoms. The Morgan fingerprint density at radius 3 is 0.792 bits per heavy atom. The molecule has 0 aliphatic rings. The van der Waals surface area contributed by atoms with Crippen molar-refractivity contribution < 1.29 is 80.2 Å². The summed E-state index contributed by atoms with van der Waals surface area (Å²) in [7, 11) is -9.91. The van der Waals surface area contributed by atoms with Gasteiger partial charge >= 0.3 is 39.5 Å². The lowest BCUT2D eigenvalue weighted by molar-refractivity contribution is -0.161. The second kappa shape index (κ2) is 67.5. The zero-order valence-corrected chi connectivity index (χ0v) is 64.6. The van der Waals surface area contributed by atoms with Gasteiger partial charge in [-0.1, -0.05) is 344 Å². The first-order valence-corrected chi connectivity index (χ1v) is 42.9. The maximum atomic E-state index is 13.1. The van der Waals surface area contributed by atoms with Crippen molar-refractivity contribution in [2.45, 2.75) is 414 Å². The molecule has 3 unspecified atom stereocenters. The molecule has 0 heterocycles. The second-order valence-electron chi connectivity index (χ2n) is 28.9. The van der Waals surface area contributed by atoms with Gasteiger partial charge in [-0.05, 0) is 43.4 Å². The van der Waals surface area contributed by atoms with E-state index in [1.165, 1.54) is 205 Å². The molecule has 0 aromatic rings. The summed E-state index contributed by atoms with van der Waals surface area (Å²) < 4.78 is 68.5. The number of ether oxygens (including phenoxy) is 4. The lowest BCUT2D eigenvalue weighted by Gasteiger charge is -2.21. The van der Waals surface area contributed by atoms with Gasteiger partial charge in [0.1, 0.15) is 19.3 Å². The number of phosphoric ester groups is 2. The van der Waals surface area contributed by atoms with Crippen molar-refractivity contribution in [3.63, 3.8) is 0 Å². The van der Waals surface area contributed by atoms with E-state index in [9.17, 15) is 43.2 Å². The van der Waals surface area contributed by atoms with Crippen molar-refractivity contribution in [3.05, 3.63) is 0 Å². The SMILES string of the molecule is CCCCCCCCCCCCCCC(=O)OC[C@H](COP(=O)(O)OC[C@@H](O)COP(=O)(O)OC[C@@H](COC(=O)CCCCCCCCCCC(C)C)OC(=O)CCCCCCCCCCC(C)C)OC(=O)CCCCCCCCCCCCCCCCCCCCC(C)CC. The summed E-state index contributed by atoms with van der Waals surface area (Å²) in [4.78, 5) is 72.8. The van der Waals surface area contributed by atoms with Crippen molar-refractivity contribution in [1.29, 1.82) is 0 Å². The molecule has 96 heavy (non-hydrogen) atoms. The first-order chi connectivity index (χ1) is 46.3. The minimum Gasteiger partial charge on any atom is -0.462 e. The maximum absolute atomic E-state index is 13.1. The summed E-state index contributed by atoms with van der Waals surface area (Å²) in [6.45, 7) is 11.9. The first kappa shape index (κ1) is 94.1. The van der Waals surface area contributed by atoms with Gasteiger partial charge in [0.2, 0.25) is 0 Å². The van der Waals surface area contributed by atoms with Crippen LogP contribution in [0.5, 0.6) is 0 Å². The Hall–Kier alpha value is -1.94. The van der Waals surface area contributed by atoms with Crippen LogP contribution in [0.25, 0.3) is 0 Å². The van der Waals surface area contributed by atoms with Gasteiger partial charge in [-0.15, -0.1) is 0 Å². The Morgan fingerprint density at radius 2 is 0.531 bits per heavy atom. The molecule has 0 aromatic heterocycles. The molecule has 0 fully saturated rings. The summed E-state index contributed by atoms with van der Waals surface area (Å²) in [6, 6.07) is 0. The zero-order valence-electron chi connectivity index (χ0n) is 62.8. The van der Waals surface area contributed by atoms with Crippen LogP contribution in [-0.4, -0.2) is 96.7 Å². The highest BCUT2D eigenvalue weighted by molar-refractivity contribution is 7.47. The largest absolute Gasteiger partial charge is 0.472 e. The number of esters is 4. The van der Waals surface area contributed by atoms with Crippen molar-refractivity contribution >= 4 is 39.5 Å². The predicted octanol–water partition coefficient (Wildman–Crippen LogP) is 22.6. The number of hydrogen-bond donors (Lipinski definition) is 3. The molecule has 0 bridgehead atoms. The molecule has 0 radical (unpaired) electrons. The van der Waals surface area contributed by atoms with Gasteiger partial charge in [-0.2, -0.15) is 0 Å². The fourth-order valence-corrected chi connectivity index (χ4v) is 13.3. The van der Waals surface area contributed by atoms with E-state index in [1.807, 2.05) is 0 Å². The van der Waals surface area contributed by atoms with Crippen LogP contribution >= 0.6 is 15.6 Å². The van der Waals surface area contributed by atoms with Gasteiger partial charge < -0.3 is 33.8 Å². The third-order valence-electron chi connectivity index (χ3n) is 18.2. The number of hydrogen-bond acceptors (Lipinski definition) is 15. The monoisotopic (exact) mass is 1410 g/mol. The van der Waals surface area contributed by atoms with Crippen LogP contribution < -0.4 is 0 Å². The van der Waals surface area contributed by atoms with Crippen molar-refractivity contribution in [1.82, 2.24) is 0 Å². The van der Waals surface area contributed by atoms with Gasteiger partial charge in [0, 0.05) is 25.7 Å². The number of aliphatic hydroxyl groups excluding tert-OH is 1. The zero-order chi connectivity index (χ0) is 70.9. The van der Waals surface area contributed by atoms with Crippen molar-refractivity contribution in [3.8, 4) is 0 Å². The van der Waals surface area contributed by atoms with Crippen LogP contribution in [0.2, 0.25) is 0 Å². The molecule has 6 atom stereocenters. The number of unbranched alkanes of at least 4 members (excludes halogenated alkanes) is 42. The number of aliphatic hydroxyl groups is 1. The van der Waals surface area contributed by atoms with Crippen molar-refractivity contribution in [2.75, 3.05) is 39.6 Å². The molecule has 0 rings (SSSR count). The van der Waals surface area contributed by atoms with Gasteiger partial charge in [-0.25, -0.2) is 9.13 Å². The Morgan fingerprint density at radius 1 is 0.302 bits per heavy atom. The molecule has 0 saturated heterocycles. The van der Waals surface area contributed by atoms with Gasteiger partial charge in [0.25, 0.3) is 0 Å². The molecule has 0 aliphatic heterocycles. The standard InChI is InChI=1S/C77H150O17P2/c1-8-10-11-12-13-14-15-25-28-37-44-51-58-74(79)87-64-72(93-76(81)60-53-46-39-29-26-23-21-19-17-16-18-20-22-24-27-36-43-50-57-70(7)9-2)66-91-95(83,84)89-62-71(78)63-90-96(85,86)92-67-73(94-77(82)61-54-47-40-33-31-35-42-49-56-69(5)6)65-88-75(80)59-52-45-38-32-30-34-41-48-55-68(3)4/h68-73,78H,8-67H2,1-7H3,(H,83,84)(H,85,86)/t70?,71-,72-,73-/m1/s1. The fraction of sp³-hybridized carbons (Fsp3) is 0.948. The van der Waals surface area contributed by atoms with Gasteiger partial charge in [-0.3, -0.25) is 37.3 Å². The van der Waals surface area contributed by atoms with Crippen molar-refractivity contribution in [2.24, 2.45) is 17.8 Å². The quantitative estimate of drug-likeness (QED) is 0.0222. The molecule has 0 aromatic carbocycles. The number of rotatable bonds is 75. The maximum Gasteiger partial charge on any atom is 0.472 e. The Kier molecular flexibility index (Phi) is 66.2. The molecule has 0 saturated carbocycles. The Bertz CT molecular complexity index is 1870. The van der Waals surface area contributed by atoms with Crippen LogP contribution in [0, 0.1) is 17.8 Å². The van der Waals surface area contributed by atoms with Gasteiger partial charge in [0.05, 0.1) is 26.4 Å². The van der Waals surface area contributed by atoms with E-state index in [0.29, 0.717) is 25.7 Å². The van der Waals surface area contributed by atoms with Crippen LogP contribution in [0.15, 0.2) is 0 Å². The van der Waals surface area contributed by atoms with E-state index in [-0.39, 0.29) is 25.7 Å². The lowest BCUT2D eigenvalue weighted by Crippen LogP contribution is -2.30.